The van der Waals surface area contributed by atoms with Crippen LogP contribution in [0.2, 0.25) is 0 Å². The van der Waals surface area contributed by atoms with Crippen molar-refractivity contribution in [1.82, 2.24) is 4.98 Å². The number of rotatable bonds is 4. The van der Waals surface area contributed by atoms with Crippen LogP contribution in [-0.2, 0) is 6.54 Å². The van der Waals surface area contributed by atoms with Gasteiger partial charge in [-0.05, 0) is 5.56 Å². The fourth-order valence-corrected chi connectivity index (χ4v) is 1.28. The first-order valence-electron chi connectivity index (χ1n) is 4.14. The molecule has 0 fully saturated rings. The van der Waals surface area contributed by atoms with Crippen molar-refractivity contribution in [3.05, 3.63) is 22.9 Å². The van der Waals surface area contributed by atoms with Gasteiger partial charge in [-0.25, -0.2) is 13.8 Å². The molecule has 0 aromatic carbocycles. The van der Waals surface area contributed by atoms with Gasteiger partial charge in [-0.15, -0.1) is 0 Å². The summed E-state index contributed by atoms with van der Waals surface area (Å²) in [4.78, 5) is 14.2. The van der Waals surface area contributed by atoms with Crippen LogP contribution in [0.3, 0.4) is 0 Å². The van der Waals surface area contributed by atoms with E-state index in [-0.39, 0.29) is 23.6 Å². The highest BCUT2D eigenvalue weighted by atomic mass is 19.3. The van der Waals surface area contributed by atoms with Gasteiger partial charge in [-0.1, -0.05) is 0 Å². The molecule has 0 bridgehead atoms. The molecular formula is C9H10F2N2O2. The highest BCUT2D eigenvalue weighted by Gasteiger charge is 2.21. The van der Waals surface area contributed by atoms with E-state index in [9.17, 15) is 13.6 Å². The van der Waals surface area contributed by atoms with Crippen LogP contribution in [0.5, 0.6) is 5.88 Å². The van der Waals surface area contributed by atoms with Crippen LogP contribution in [0.25, 0.3) is 0 Å². The minimum atomic E-state index is -2.77. The van der Waals surface area contributed by atoms with Crippen LogP contribution in [-0.4, -0.2) is 18.4 Å². The van der Waals surface area contributed by atoms with E-state index in [1.54, 1.807) is 0 Å². The SMILES string of the molecule is COc1ncc(C=O)c(CN)c1C(F)F. The van der Waals surface area contributed by atoms with Crippen LogP contribution < -0.4 is 10.5 Å². The Bertz CT molecular complexity index is 369. The fraction of sp³-hybridized carbons (Fsp3) is 0.333. The van der Waals surface area contributed by atoms with E-state index in [0.717, 1.165) is 0 Å². The largest absolute Gasteiger partial charge is 0.481 e. The Morgan fingerprint density at radius 2 is 2.33 bits per heavy atom. The predicted molar refractivity (Wildman–Crippen MR) is 49.0 cm³/mol. The summed E-state index contributed by atoms with van der Waals surface area (Å²) in [7, 11) is 1.23. The molecule has 1 aromatic rings. The minimum Gasteiger partial charge on any atom is -0.481 e. The monoisotopic (exact) mass is 216 g/mol. The van der Waals surface area contributed by atoms with Gasteiger partial charge < -0.3 is 10.5 Å². The summed E-state index contributed by atoms with van der Waals surface area (Å²) < 4.78 is 30.1. The second-order valence-electron chi connectivity index (χ2n) is 2.74. The number of aldehydes is 1. The molecule has 0 saturated heterocycles. The Morgan fingerprint density at radius 1 is 1.67 bits per heavy atom. The van der Waals surface area contributed by atoms with Gasteiger partial charge in [-0.3, -0.25) is 4.79 Å². The lowest BCUT2D eigenvalue weighted by molar-refractivity contribution is 0.112. The van der Waals surface area contributed by atoms with E-state index in [1.165, 1.54) is 13.3 Å². The molecule has 15 heavy (non-hydrogen) atoms. The third-order valence-electron chi connectivity index (χ3n) is 1.97. The number of halogens is 2. The molecular weight excluding hydrogens is 206 g/mol. The van der Waals surface area contributed by atoms with Crippen molar-refractivity contribution in [1.29, 1.82) is 0 Å². The fourth-order valence-electron chi connectivity index (χ4n) is 1.28. The first-order valence-corrected chi connectivity index (χ1v) is 4.14. The second-order valence-corrected chi connectivity index (χ2v) is 2.74. The highest BCUT2D eigenvalue weighted by molar-refractivity contribution is 5.77. The number of ether oxygens (including phenoxy) is 1. The molecule has 1 aromatic heterocycles. The number of alkyl halides is 2. The summed E-state index contributed by atoms with van der Waals surface area (Å²) in [6, 6.07) is 0. The third-order valence-corrected chi connectivity index (χ3v) is 1.97. The lowest BCUT2D eigenvalue weighted by Gasteiger charge is -2.12. The first-order chi connectivity index (χ1) is 7.15. The molecule has 1 rings (SSSR count). The van der Waals surface area contributed by atoms with E-state index in [4.69, 9.17) is 5.73 Å². The zero-order valence-electron chi connectivity index (χ0n) is 8.04. The van der Waals surface area contributed by atoms with E-state index in [2.05, 4.69) is 9.72 Å². The van der Waals surface area contributed by atoms with Crippen LogP contribution >= 0.6 is 0 Å². The van der Waals surface area contributed by atoms with Gasteiger partial charge in [0.05, 0.1) is 12.7 Å². The average molecular weight is 216 g/mol. The summed E-state index contributed by atoms with van der Waals surface area (Å²) in [5, 5.41) is 0. The van der Waals surface area contributed by atoms with Gasteiger partial charge in [-0.2, -0.15) is 0 Å². The zero-order chi connectivity index (χ0) is 11.4. The molecule has 0 saturated carbocycles. The smallest absolute Gasteiger partial charge is 0.269 e. The topological polar surface area (TPSA) is 65.2 Å². The number of carbonyl (C=O) groups excluding carboxylic acids is 1. The Morgan fingerprint density at radius 3 is 2.73 bits per heavy atom. The molecule has 0 spiro atoms. The Labute approximate surface area is 85.1 Å². The van der Waals surface area contributed by atoms with Gasteiger partial charge in [0.1, 0.15) is 0 Å². The highest BCUT2D eigenvalue weighted by Crippen LogP contribution is 2.31. The number of methoxy groups -OCH3 is 1. The molecule has 0 radical (unpaired) electrons. The van der Waals surface area contributed by atoms with Gasteiger partial charge >= 0.3 is 0 Å². The molecule has 0 amide bonds. The first kappa shape index (κ1) is 11.5. The number of hydrogen-bond donors (Lipinski definition) is 1. The number of pyridine rings is 1. The quantitative estimate of drug-likeness (QED) is 0.770. The lowest BCUT2D eigenvalue weighted by Crippen LogP contribution is -2.09. The minimum absolute atomic E-state index is 0.0635. The van der Waals surface area contributed by atoms with Crippen LogP contribution in [0.1, 0.15) is 27.9 Å². The Kier molecular flexibility index (Phi) is 3.68. The maximum atomic E-state index is 12.7. The van der Waals surface area contributed by atoms with Crippen LogP contribution in [0.4, 0.5) is 8.78 Å². The van der Waals surface area contributed by atoms with Crippen molar-refractivity contribution >= 4 is 6.29 Å². The van der Waals surface area contributed by atoms with Gasteiger partial charge in [0, 0.05) is 18.3 Å². The van der Waals surface area contributed by atoms with Crippen molar-refractivity contribution in [3.63, 3.8) is 0 Å². The maximum Gasteiger partial charge on any atom is 0.269 e. The standard InChI is InChI=1S/C9H10F2N2O2/c1-15-9-7(8(10)11)6(2-12)5(4-14)3-13-9/h3-4,8H,2,12H2,1H3. The van der Waals surface area contributed by atoms with Crippen molar-refractivity contribution in [2.45, 2.75) is 13.0 Å². The molecule has 0 aliphatic rings. The molecule has 82 valence electrons. The summed E-state index contributed by atoms with van der Waals surface area (Å²) in [6.45, 7) is -0.160. The normalized spacial score (nSPS) is 10.5. The molecule has 0 atom stereocenters. The molecule has 1 heterocycles. The van der Waals surface area contributed by atoms with Crippen molar-refractivity contribution in [3.8, 4) is 5.88 Å². The van der Waals surface area contributed by atoms with Crippen molar-refractivity contribution in [2.75, 3.05) is 7.11 Å². The third kappa shape index (κ3) is 2.10. The van der Waals surface area contributed by atoms with Crippen LogP contribution in [0.15, 0.2) is 6.20 Å². The maximum absolute atomic E-state index is 12.7. The second kappa shape index (κ2) is 4.79. The number of hydrogen-bond acceptors (Lipinski definition) is 4. The number of aromatic nitrogens is 1. The number of nitrogens with zero attached hydrogens (tertiary/aromatic N) is 1. The molecule has 6 heteroatoms. The summed E-state index contributed by atoms with van der Waals surface area (Å²) in [5.41, 5.74) is 5.04. The summed E-state index contributed by atoms with van der Waals surface area (Å²) in [6.07, 6.45) is -1.16. The van der Waals surface area contributed by atoms with Gasteiger partial charge in [0.25, 0.3) is 6.43 Å². The van der Waals surface area contributed by atoms with Gasteiger partial charge in [0.2, 0.25) is 5.88 Å². The summed E-state index contributed by atoms with van der Waals surface area (Å²) >= 11 is 0. The van der Waals surface area contributed by atoms with E-state index < -0.39 is 12.0 Å². The van der Waals surface area contributed by atoms with Gasteiger partial charge in [0.15, 0.2) is 6.29 Å². The number of nitrogens with two attached hydrogens (primary N) is 1. The molecule has 0 aliphatic heterocycles. The molecule has 2 N–H and O–H groups in total. The number of carbonyl (C=O) groups is 1. The predicted octanol–water partition coefficient (Wildman–Crippen LogP) is 1.30. The molecule has 0 unspecified atom stereocenters. The van der Waals surface area contributed by atoms with Crippen LogP contribution in [0, 0.1) is 0 Å². The van der Waals surface area contributed by atoms with E-state index >= 15 is 0 Å². The average Bonchev–Trinajstić information content (AvgIpc) is 2.26. The van der Waals surface area contributed by atoms with E-state index in [0.29, 0.717) is 6.29 Å². The van der Waals surface area contributed by atoms with Crippen molar-refractivity contribution < 1.29 is 18.3 Å². The zero-order valence-corrected chi connectivity index (χ0v) is 8.04. The van der Waals surface area contributed by atoms with Crippen molar-refractivity contribution in [2.24, 2.45) is 5.73 Å². The lowest BCUT2D eigenvalue weighted by atomic mass is 10.1. The molecule has 4 nitrogen and oxygen atoms in total. The Hall–Kier alpha value is -1.56. The molecule has 0 aliphatic carbocycles. The van der Waals surface area contributed by atoms with E-state index in [1.807, 2.05) is 0 Å². The Balaban J connectivity index is 3.44. The summed E-state index contributed by atoms with van der Waals surface area (Å²) in [5.74, 6) is -0.198.